The molecule has 1 aliphatic heterocycles. The molecule has 0 unspecified atom stereocenters. The van der Waals surface area contributed by atoms with Crippen molar-refractivity contribution < 1.29 is 4.79 Å². The van der Waals surface area contributed by atoms with E-state index < -0.39 is 0 Å². The molecule has 35 heavy (non-hydrogen) atoms. The number of amides is 1. The Hall–Kier alpha value is -3.56. The van der Waals surface area contributed by atoms with E-state index in [9.17, 15) is 4.79 Å². The third-order valence-corrected chi connectivity index (χ3v) is 7.17. The third kappa shape index (κ3) is 5.41. The number of piperazine rings is 1. The predicted octanol–water partition coefficient (Wildman–Crippen LogP) is 4.57. The zero-order valence-corrected chi connectivity index (χ0v) is 21.0. The summed E-state index contributed by atoms with van der Waals surface area (Å²) >= 11 is 1.52. The summed E-state index contributed by atoms with van der Waals surface area (Å²) < 4.78 is 0. The fraction of sp³-hybridized carbons (Fsp3) is 0.308. The second-order valence-corrected chi connectivity index (χ2v) is 9.84. The first-order valence-electron chi connectivity index (χ1n) is 11.7. The minimum absolute atomic E-state index is 0.154. The SMILES string of the molecule is CC(=O)N1CCN(Cc2ccc(Nc3nc4ccc(N(C)c5ccc(C)cc5)nc4s3)nc2)CC1. The van der Waals surface area contributed by atoms with Crippen molar-refractivity contribution in [2.45, 2.75) is 20.4 Å². The van der Waals surface area contributed by atoms with Crippen LogP contribution in [0.5, 0.6) is 0 Å². The van der Waals surface area contributed by atoms with Crippen LogP contribution in [0.4, 0.5) is 22.5 Å². The topological polar surface area (TPSA) is 77.5 Å². The summed E-state index contributed by atoms with van der Waals surface area (Å²) in [4.78, 5) is 32.8. The Morgan fingerprint density at radius 2 is 1.80 bits per heavy atom. The number of pyridine rings is 2. The first-order chi connectivity index (χ1) is 16.9. The maximum atomic E-state index is 11.5. The lowest BCUT2D eigenvalue weighted by Gasteiger charge is -2.34. The number of carbonyl (C=O) groups is 1. The molecule has 1 amide bonds. The Morgan fingerprint density at radius 1 is 1.03 bits per heavy atom. The second-order valence-electron chi connectivity index (χ2n) is 8.87. The Bertz CT molecular complexity index is 1310. The highest BCUT2D eigenvalue weighted by Crippen LogP contribution is 2.30. The summed E-state index contributed by atoms with van der Waals surface area (Å²) in [6.45, 7) is 7.91. The van der Waals surface area contributed by atoms with Crippen LogP contribution in [0.3, 0.4) is 0 Å². The minimum atomic E-state index is 0.154. The van der Waals surface area contributed by atoms with Gasteiger partial charge in [-0.05, 0) is 42.8 Å². The molecule has 1 N–H and O–H groups in total. The van der Waals surface area contributed by atoms with Gasteiger partial charge in [-0.25, -0.2) is 15.0 Å². The van der Waals surface area contributed by atoms with Crippen molar-refractivity contribution in [3.05, 3.63) is 65.9 Å². The molecule has 1 saturated heterocycles. The fourth-order valence-corrected chi connectivity index (χ4v) is 4.97. The molecular formula is C26H29N7OS. The third-order valence-electron chi connectivity index (χ3n) is 6.29. The van der Waals surface area contributed by atoms with Gasteiger partial charge in [0.05, 0.1) is 0 Å². The number of hydrogen-bond acceptors (Lipinski definition) is 8. The van der Waals surface area contributed by atoms with E-state index in [1.54, 1.807) is 6.92 Å². The molecule has 0 radical (unpaired) electrons. The van der Waals surface area contributed by atoms with Gasteiger partial charge in [-0.15, -0.1) is 0 Å². The number of rotatable bonds is 6. The van der Waals surface area contributed by atoms with E-state index in [1.807, 2.05) is 36.3 Å². The summed E-state index contributed by atoms with van der Waals surface area (Å²) in [5, 5.41) is 4.08. The fourth-order valence-electron chi connectivity index (χ4n) is 4.13. The molecule has 0 bridgehead atoms. The van der Waals surface area contributed by atoms with Crippen LogP contribution in [-0.2, 0) is 11.3 Å². The molecule has 4 aromatic rings. The van der Waals surface area contributed by atoms with Gasteiger partial charge in [0.1, 0.15) is 22.0 Å². The average Bonchev–Trinajstić information content (AvgIpc) is 3.27. The van der Waals surface area contributed by atoms with Gasteiger partial charge in [-0.2, -0.15) is 0 Å². The molecule has 0 saturated carbocycles. The average molecular weight is 488 g/mol. The van der Waals surface area contributed by atoms with Crippen LogP contribution >= 0.6 is 11.3 Å². The number of carbonyl (C=O) groups excluding carboxylic acids is 1. The van der Waals surface area contributed by atoms with Gasteiger partial charge < -0.3 is 15.1 Å². The number of aryl methyl sites for hydroxylation is 1. The predicted molar refractivity (Wildman–Crippen MR) is 142 cm³/mol. The van der Waals surface area contributed by atoms with Crippen molar-refractivity contribution in [3.63, 3.8) is 0 Å². The molecule has 8 nitrogen and oxygen atoms in total. The number of hydrogen-bond donors (Lipinski definition) is 1. The van der Waals surface area contributed by atoms with E-state index in [4.69, 9.17) is 4.98 Å². The number of benzene rings is 1. The number of aromatic nitrogens is 3. The monoisotopic (exact) mass is 487 g/mol. The summed E-state index contributed by atoms with van der Waals surface area (Å²) in [5.74, 6) is 1.79. The highest BCUT2D eigenvalue weighted by atomic mass is 32.1. The van der Waals surface area contributed by atoms with Crippen LogP contribution in [-0.4, -0.2) is 63.9 Å². The van der Waals surface area contributed by atoms with Crippen molar-refractivity contribution in [3.8, 4) is 0 Å². The van der Waals surface area contributed by atoms with E-state index in [-0.39, 0.29) is 5.91 Å². The quantitative estimate of drug-likeness (QED) is 0.427. The molecular weight excluding hydrogens is 458 g/mol. The molecule has 3 aromatic heterocycles. The molecule has 5 rings (SSSR count). The zero-order chi connectivity index (χ0) is 24.4. The van der Waals surface area contributed by atoms with Gasteiger partial charge in [0.15, 0.2) is 5.13 Å². The number of thiazole rings is 1. The van der Waals surface area contributed by atoms with Crippen molar-refractivity contribution in [2.24, 2.45) is 0 Å². The van der Waals surface area contributed by atoms with Gasteiger partial charge in [0, 0.05) is 58.6 Å². The van der Waals surface area contributed by atoms with Crippen molar-refractivity contribution in [1.82, 2.24) is 24.8 Å². The molecule has 180 valence electrons. The van der Waals surface area contributed by atoms with Crippen LogP contribution in [0, 0.1) is 6.92 Å². The molecule has 0 aliphatic carbocycles. The molecule has 1 fully saturated rings. The Morgan fingerprint density at radius 3 is 2.49 bits per heavy atom. The van der Waals surface area contributed by atoms with E-state index >= 15 is 0 Å². The van der Waals surface area contributed by atoms with Gasteiger partial charge in [-0.3, -0.25) is 9.69 Å². The van der Waals surface area contributed by atoms with Gasteiger partial charge in [0.2, 0.25) is 5.91 Å². The summed E-state index contributed by atoms with van der Waals surface area (Å²) in [7, 11) is 2.02. The summed E-state index contributed by atoms with van der Waals surface area (Å²) in [5.41, 5.74) is 4.34. The van der Waals surface area contributed by atoms with Gasteiger partial charge >= 0.3 is 0 Å². The first-order valence-corrected chi connectivity index (χ1v) is 12.5. The number of anilines is 4. The number of nitrogens with one attached hydrogen (secondary N) is 1. The van der Waals surface area contributed by atoms with E-state index in [0.717, 1.165) is 71.1 Å². The van der Waals surface area contributed by atoms with Crippen LogP contribution in [0.1, 0.15) is 18.1 Å². The van der Waals surface area contributed by atoms with E-state index in [1.165, 1.54) is 16.9 Å². The lowest BCUT2D eigenvalue weighted by molar-refractivity contribution is -0.130. The van der Waals surface area contributed by atoms with Crippen LogP contribution in [0.25, 0.3) is 10.3 Å². The smallest absolute Gasteiger partial charge is 0.219 e. The number of nitrogens with zero attached hydrogens (tertiary/aromatic N) is 6. The van der Waals surface area contributed by atoms with Crippen LogP contribution in [0.2, 0.25) is 0 Å². The maximum absolute atomic E-state index is 11.5. The highest BCUT2D eigenvalue weighted by molar-refractivity contribution is 7.21. The molecule has 4 heterocycles. The molecule has 1 aliphatic rings. The standard InChI is InChI=1S/C26H29N7OS/c1-18-4-7-21(8-5-18)31(3)24-11-9-22-25(30-24)35-26(28-22)29-23-10-6-20(16-27-23)17-32-12-14-33(15-13-32)19(2)34/h4-11,16H,12-15,17H2,1-3H3,(H,27,28,29). The Kier molecular flexibility index (Phi) is 6.61. The Labute approximate surface area is 209 Å². The van der Waals surface area contributed by atoms with Crippen molar-refractivity contribution >= 4 is 50.0 Å². The largest absolute Gasteiger partial charge is 0.340 e. The van der Waals surface area contributed by atoms with Crippen LogP contribution < -0.4 is 10.2 Å². The van der Waals surface area contributed by atoms with E-state index in [2.05, 4.69) is 62.3 Å². The van der Waals surface area contributed by atoms with Gasteiger partial charge in [0.25, 0.3) is 0 Å². The maximum Gasteiger partial charge on any atom is 0.219 e. The van der Waals surface area contributed by atoms with Crippen molar-refractivity contribution in [1.29, 1.82) is 0 Å². The zero-order valence-electron chi connectivity index (χ0n) is 20.2. The minimum Gasteiger partial charge on any atom is -0.340 e. The molecule has 9 heteroatoms. The van der Waals surface area contributed by atoms with Crippen molar-refractivity contribution in [2.75, 3.05) is 43.4 Å². The normalized spacial score (nSPS) is 14.3. The second kappa shape index (κ2) is 9.97. The molecule has 1 aromatic carbocycles. The lowest BCUT2D eigenvalue weighted by atomic mass is 10.2. The van der Waals surface area contributed by atoms with E-state index in [0.29, 0.717) is 0 Å². The lowest BCUT2D eigenvalue weighted by Crippen LogP contribution is -2.47. The highest BCUT2D eigenvalue weighted by Gasteiger charge is 2.18. The summed E-state index contributed by atoms with van der Waals surface area (Å²) in [6, 6.07) is 16.5. The van der Waals surface area contributed by atoms with Crippen LogP contribution in [0.15, 0.2) is 54.7 Å². The van der Waals surface area contributed by atoms with Gasteiger partial charge in [-0.1, -0.05) is 35.1 Å². The number of fused-ring (bicyclic) bond motifs is 1. The molecule has 0 spiro atoms. The Balaban J connectivity index is 1.22. The molecule has 0 atom stereocenters. The first kappa shape index (κ1) is 23.2. The summed E-state index contributed by atoms with van der Waals surface area (Å²) in [6.07, 6.45) is 1.90.